The first-order valence-corrected chi connectivity index (χ1v) is 7.46. The number of halogens is 1. The summed E-state index contributed by atoms with van der Waals surface area (Å²) in [7, 11) is -3.84. The molecule has 0 aliphatic carbocycles. The summed E-state index contributed by atoms with van der Waals surface area (Å²) in [4.78, 5) is 3.36. The molecule has 1 heterocycles. The van der Waals surface area contributed by atoms with Crippen molar-refractivity contribution in [3.05, 3.63) is 18.1 Å². The molecule has 0 saturated heterocycles. The fourth-order valence-corrected chi connectivity index (χ4v) is 2.50. The molecule has 0 aromatic carbocycles. The summed E-state index contributed by atoms with van der Waals surface area (Å²) < 4.78 is 44.4. The van der Waals surface area contributed by atoms with Crippen molar-refractivity contribution in [1.82, 2.24) is 9.71 Å². The molecule has 0 aliphatic rings. The molecule has 1 aromatic heterocycles. The van der Waals surface area contributed by atoms with Crippen molar-refractivity contribution < 1.29 is 17.5 Å². The zero-order chi connectivity index (χ0) is 14.3. The first kappa shape index (κ1) is 15.8. The molecule has 1 rings (SSSR count). The highest BCUT2D eigenvalue weighted by Crippen LogP contribution is 2.16. The maximum absolute atomic E-state index is 13.5. The van der Waals surface area contributed by atoms with Crippen LogP contribution in [0.5, 0.6) is 0 Å². The standard InChI is InChI=1S/C11H18FN3O3S/c1-3-15-19(16,17)10-7-11(14-8-9(10)12)13-5-6-18-4-2/h7-8,15H,3-6H2,1-2H3,(H,13,14). The zero-order valence-electron chi connectivity index (χ0n) is 10.9. The molecule has 0 fully saturated rings. The fraction of sp³-hybridized carbons (Fsp3) is 0.545. The van der Waals surface area contributed by atoms with Gasteiger partial charge in [0.2, 0.25) is 10.0 Å². The van der Waals surface area contributed by atoms with Crippen LogP contribution in [0.2, 0.25) is 0 Å². The normalized spacial score (nSPS) is 11.5. The molecule has 0 aliphatic heterocycles. The van der Waals surface area contributed by atoms with Gasteiger partial charge in [0, 0.05) is 25.8 Å². The van der Waals surface area contributed by atoms with Gasteiger partial charge in [-0.3, -0.25) is 0 Å². The van der Waals surface area contributed by atoms with Gasteiger partial charge in [0.25, 0.3) is 0 Å². The molecule has 108 valence electrons. The van der Waals surface area contributed by atoms with Crippen molar-refractivity contribution in [2.45, 2.75) is 18.7 Å². The van der Waals surface area contributed by atoms with Crippen molar-refractivity contribution in [3.63, 3.8) is 0 Å². The topological polar surface area (TPSA) is 80.3 Å². The van der Waals surface area contributed by atoms with Gasteiger partial charge in [0.1, 0.15) is 10.7 Å². The second-order valence-corrected chi connectivity index (χ2v) is 5.36. The Bertz CT molecular complexity index is 508. The molecule has 0 atom stereocenters. The number of aromatic nitrogens is 1. The van der Waals surface area contributed by atoms with Crippen molar-refractivity contribution in [3.8, 4) is 0 Å². The van der Waals surface area contributed by atoms with Crippen molar-refractivity contribution >= 4 is 15.8 Å². The fourth-order valence-electron chi connectivity index (χ4n) is 1.39. The van der Waals surface area contributed by atoms with E-state index in [1.807, 2.05) is 6.92 Å². The summed E-state index contributed by atoms with van der Waals surface area (Å²) in [5.41, 5.74) is 0. The van der Waals surface area contributed by atoms with E-state index in [0.717, 1.165) is 6.20 Å². The Hall–Kier alpha value is -1.25. The van der Waals surface area contributed by atoms with E-state index in [0.29, 0.717) is 19.8 Å². The predicted octanol–water partition coefficient (Wildman–Crippen LogP) is 0.967. The van der Waals surface area contributed by atoms with Gasteiger partial charge in [-0.05, 0) is 6.92 Å². The number of nitrogens with zero attached hydrogens (tertiary/aromatic N) is 1. The maximum Gasteiger partial charge on any atom is 0.243 e. The van der Waals surface area contributed by atoms with Crippen LogP contribution in [0, 0.1) is 5.82 Å². The molecule has 0 radical (unpaired) electrons. The number of pyridine rings is 1. The molecule has 1 aromatic rings. The van der Waals surface area contributed by atoms with Crippen LogP contribution in [-0.4, -0.2) is 39.7 Å². The third kappa shape index (κ3) is 4.73. The molecule has 2 N–H and O–H groups in total. The number of hydrogen-bond acceptors (Lipinski definition) is 5. The van der Waals surface area contributed by atoms with E-state index in [4.69, 9.17) is 4.74 Å². The zero-order valence-corrected chi connectivity index (χ0v) is 11.8. The largest absolute Gasteiger partial charge is 0.380 e. The van der Waals surface area contributed by atoms with Gasteiger partial charge in [-0.15, -0.1) is 0 Å². The van der Waals surface area contributed by atoms with Gasteiger partial charge in [0.15, 0.2) is 5.82 Å². The van der Waals surface area contributed by atoms with Gasteiger partial charge >= 0.3 is 0 Å². The van der Waals surface area contributed by atoms with Crippen LogP contribution in [-0.2, 0) is 14.8 Å². The highest BCUT2D eigenvalue weighted by molar-refractivity contribution is 7.89. The van der Waals surface area contributed by atoms with Crippen molar-refractivity contribution in [2.24, 2.45) is 0 Å². The lowest BCUT2D eigenvalue weighted by atomic mass is 10.4. The number of sulfonamides is 1. The average molecular weight is 291 g/mol. The summed E-state index contributed by atoms with van der Waals surface area (Å²) in [6.07, 6.45) is 0.882. The number of nitrogens with one attached hydrogen (secondary N) is 2. The van der Waals surface area contributed by atoms with Gasteiger partial charge < -0.3 is 10.1 Å². The van der Waals surface area contributed by atoms with Crippen LogP contribution < -0.4 is 10.0 Å². The van der Waals surface area contributed by atoms with Gasteiger partial charge in [-0.1, -0.05) is 6.92 Å². The smallest absolute Gasteiger partial charge is 0.243 e. The highest BCUT2D eigenvalue weighted by Gasteiger charge is 2.19. The Morgan fingerprint density at radius 3 is 2.79 bits per heavy atom. The molecule has 0 unspecified atom stereocenters. The van der Waals surface area contributed by atoms with E-state index in [1.54, 1.807) is 6.92 Å². The molecular weight excluding hydrogens is 273 g/mol. The lowest BCUT2D eigenvalue weighted by Gasteiger charge is -2.09. The summed E-state index contributed by atoms with van der Waals surface area (Å²) in [6.45, 7) is 5.21. The second kappa shape index (κ2) is 7.37. The van der Waals surface area contributed by atoms with Crippen LogP contribution in [0.25, 0.3) is 0 Å². The molecule has 19 heavy (non-hydrogen) atoms. The summed E-state index contributed by atoms with van der Waals surface area (Å²) >= 11 is 0. The lowest BCUT2D eigenvalue weighted by molar-refractivity contribution is 0.158. The molecule has 0 saturated carbocycles. The van der Waals surface area contributed by atoms with Crippen LogP contribution >= 0.6 is 0 Å². The van der Waals surface area contributed by atoms with Crippen LogP contribution in [0.4, 0.5) is 10.2 Å². The predicted molar refractivity (Wildman–Crippen MR) is 70.0 cm³/mol. The Balaban J connectivity index is 2.83. The Morgan fingerprint density at radius 2 is 2.16 bits per heavy atom. The van der Waals surface area contributed by atoms with E-state index in [2.05, 4.69) is 15.0 Å². The summed E-state index contributed by atoms with van der Waals surface area (Å²) in [5, 5.41) is 2.87. The lowest BCUT2D eigenvalue weighted by Crippen LogP contribution is -2.24. The minimum Gasteiger partial charge on any atom is -0.380 e. The SMILES string of the molecule is CCNS(=O)(=O)c1cc(NCCOCC)ncc1F. The van der Waals surface area contributed by atoms with Gasteiger partial charge in [-0.2, -0.15) is 0 Å². The third-order valence-corrected chi connectivity index (χ3v) is 3.76. The van der Waals surface area contributed by atoms with E-state index < -0.39 is 20.7 Å². The Kier molecular flexibility index (Phi) is 6.13. The number of rotatable bonds is 8. The number of anilines is 1. The van der Waals surface area contributed by atoms with Gasteiger partial charge in [-0.25, -0.2) is 22.5 Å². The summed E-state index contributed by atoms with van der Waals surface area (Å²) in [6, 6.07) is 1.17. The maximum atomic E-state index is 13.5. The quantitative estimate of drug-likeness (QED) is 0.698. The van der Waals surface area contributed by atoms with Crippen LogP contribution in [0.1, 0.15) is 13.8 Å². The number of ether oxygens (including phenoxy) is 1. The minimum absolute atomic E-state index is 0.192. The Morgan fingerprint density at radius 1 is 1.42 bits per heavy atom. The van der Waals surface area contributed by atoms with Crippen LogP contribution in [0.3, 0.4) is 0 Å². The van der Waals surface area contributed by atoms with Crippen LogP contribution in [0.15, 0.2) is 17.2 Å². The molecule has 8 heteroatoms. The van der Waals surface area contributed by atoms with Crippen molar-refractivity contribution in [2.75, 3.05) is 31.6 Å². The molecule has 6 nitrogen and oxygen atoms in total. The van der Waals surface area contributed by atoms with Crippen molar-refractivity contribution in [1.29, 1.82) is 0 Å². The first-order valence-electron chi connectivity index (χ1n) is 5.98. The minimum atomic E-state index is -3.84. The van der Waals surface area contributed by atoms with E-state index in [9.17, 15) is 12.8 Å². The average Bonchev–Trinajstić information content (AvgIpc) is 2.36. The molecular formula is C11H18FN3O3S. The number of hydrogen-bond donors (Lipinski definition) is 2. The third-order valence-electron chi connectivity index (χ3n) is 2.20. The van der Waals surface area contributed by atoms with E-state index >= 15 is 0 Å². The molecule has 0 spiro atoms. The first-order chi connectivity index (χ1) is 9.01. The molecule has 0 amide bonds. The Labute approximate surface area is 112 Å². The van der Waals surface area contributed by atoms with E-state index in [-0.39, 0.29) is 12.4 Å². The monoisotopic (exact) mass is 291 g/mol. The van der Waals surface area contributed by atoms with E-state index in [1.165, 1.54) is 6.07 Å². The highest BCUT2D eigenvalue weighted by atomic mass is 32.2. The molecule has 0 bridgehead atoms. The second-order valence-electron chi connectivity index (χ2n) is 3.62. The van der Waals surface area contributed by atoms with Gasteiger partial charge in [0.05, 0.1) is 12.8 Å². The summed E-state index contributed by atoms with van der Waals surface area (Å²) in [5.74, 6) is -0.589.